The molecule has 2 aromatic carbocycles. The lowest BCUT2D eigenvalue weighted by atomic mass is 10.2. The molecule has 0 amide bonds. The average molecular weight is 437 g/mol. The molecule has 0 saturated carbocycles. The minimum absolute atomic E-state index is 0.457. The van der Waals surface area contributed by atoms with Crippen molar-refractivity contribution in [3.8, 4) is 5.75 Å². The third-order valence-corrected chi connectivity index (χ3v) is 4.87. The van der Waals surface area contributed by atoms with Crippen LogP contribution >= 0.6 is 38.9 Å². The average Bonchev–Trinajstić information content (AvgIpc) is 3.01. The van der Waals surface area contributed by atoms with Crippen molar-refractivity contribution < 1.29 is 4.74 Å². The highest BCUT2D eigenvalue weighted by Crippen LogP contribution is 2.23. The molecule has 0 radical (unpaired) electrons. The van der Waals surface area contributed by atoms with Gasteiger partial charge in [-0.1, -0.05) is 39.7 Å². The van der Waals surface area contributed by atoms with E-state index < -0.39 is 0 Å². The second-order valence-electron chi connectivity index (χ2n) is 5.26. The highest BCUT2D eigenvalue weighted by Gasteiger charge is 2.04. The maximum atomic E-state index is 5.93. The van der Waals surface area contributed by atoms with E-state index in [1.54, 1.807) is 6.21 Å². The van der Waals surface area contributed by atoms with Gasteiger partial charge in [-0.25, -0.2) is 4.98 Å². The van der Waals surface area contributed by atoms with Gasteiger partial charge < -0.3 is 4.74 Å². The third kappa shape index (κ3) is 5.29. The van der Waals surface area contributed by atoms with Crippen LogP contribution in [0, 0.1) is 6.92 Å². The summed E-state index contributed by atoms with van der Waals surface area (Å²) in [6.07, 6.45) is 1.72. The van der Waals surface area contributed by atoms with Gasteiger partial charge in [-0.3, -0.25) is 5.43 Å². The van der Waals surface area contributed by atoms with Crippen molar-refractivity contribution in [1.29, 1.82) is 0 Å². The van der Waals surface area contributed by atoms with Crippen LogP contribution in [0.3, 0.4) is 0 Å². The summed E-state index contributed by atoms with van der Waals surface area (Å²) in [7, 11) is 0. The monoisotopic (exact) mass is 435 g/mol. The first-order chi connectivity index (χ1) is 12.1. The summed E-state index contributed by atoms with van der Waals surface area (Å²) in [6, 6.07) is 13.4. The molecule has 128 valence electrons. The zero-order valence-corrected chi connectivity index (χ0v) is 16.5. The Balaban J connectivity index is 1.70. The Hall–Kier alpha value is -1.89. The molecule has 4 nitrogen and oxygen atoms in total. The lowest BCUT2D eigenvalue weighted by Gasteiger charge is -2.10. The van der Waals surface area contributed by atoms with Crippen LogP contribution < -0.4 is 10.2 Å². The Bertz CT molecular complexity index is 880. The van der Waals surface area contributed by atoms with Gasteiger partial charge in [-0.2, -0.15) is 5.10 Å². The predicted molar refractivity (Wildman–Crippen MR) is 108 cm³/mol. The van der Waals surface area contributed by atoms with E-state index in [4.69, 9.17) is 16.3 Å². The molecule has 3 rings (SSSR count). The first-order valence-corrected chi connectivity index (χ1v) is 9.53. The van der Waals surface area contributed by atoms with Gasteiger partial charge >= 0.3 is 0 Å². The molecule has 25 heavy (non-hydrogen) atoms. The minimum atomic E-state index is 0.457. The van der Waals surface area contributed by atoms with Crippen LogP contribution in [-0.2, 0) is 6.61 Å². The van der Waals surface area contributed by atoms with Crippen molar-refractivity contribution in [2.24, 2.45) is 5.10 Å². The molecule has 3 aromatic rings. The van der Waals surface area contributed by atoms with Crippen LogP contribution in [0.4, 0.5) is 5.13 Å². The quantitative estimate of drug-likeness (QED) is 0.387. The number of nitrogens with one attached hydrogen (secondary N) is 1. The van der Waals surface area contributed by atoms with Gasteiger partial charge in [0.15, 0.2) is 0 Å². The standard InChI is InChI=1S/C18H15BrClN3OS/c1-12-11-25-18(22-12)23-21-9-14-8-15(19)4-7-17(14)24-10-13-2-5-16(20)6-3-13/h2-9,11H,10H2,1H3,(H,22,23). The van der Waals surface area contributed by atoms with Crippen LogP contribution in [0.2, 0.25) is 5.02 Å². The molecule has 0 spiro atoms. The number of hydrogen-bond acceptors (Lipinski definition) is 5. The van der Waals surface area contributed by atoms with Crippen molar-refractivity contribution in [1.82, 2.24) is 4.98 Å². The molecule has 0 atom stereocenters. The van der Waals surface area contributed by atoms with Gasteiger partial charge in [-0.05, 0) is 42.8 Å². The van der Waals surface area contributed by atoms with Crippen molar-refractivity contribution in [2.75, 3.05) is 5.43 Å². The number of anilines is 1. The number of rotatable bonds is 6. The molecular weight excluding hydrogens is 422 g/mol. The van der Waals surface area contributed by atoms with Gasteiger partial charge in [-0.15, -0.1) is 11.3 Å². The number of aryl methyl sites for hydroxylation is 1. The second-order valence-corrected chi connectivity index (χ2v) is 7.47. The molecule has 0 aliphatic rings. The molecular formula is C18H15BrClN3OS. The molecule has 1 N–H and O–H groups in total. The van der Waals surface area contributed by atoms with Gasteiger partial charge in [0.05, 0.1) is 11.9 Å². The van der Waals surface area contributed by atoms with Crippen molar-refractivity contribution >= 4 is 50.2 Å². The summed E-state index contributed by atoms with van der Waals surface area (Å²) in [4.78, 5) is 4.31. The van der Waals surface area contributed by atoms with E-state index in [0.29, 0.717) is 11.6 Å². The summed E-state index contributed by atoms with van der Waals surface area (Å²) in [6.45, 7) is 2.40. The van der Waals surface area contributed by atoms with Gasteiger partial charge in [0.25, 0.3) is 0 Å². The second kappa shape index (κ2) is 8.47. The van der Waals surface area contributed by atoms with E-state index in [1.165, 1.54) is 11.3 Å². The fraction of sp³-hybridized carbons (Fsp3) is 0.111. The molecule has 0 bridgehead atoms. The summed E-state index contributed by atoms with van der Waals surface area (Å²) in [5.74, 6) is 0.749. The Morgan fingerprint density at radius 3 is 2.80 bits per heavy atom. The maximum Gasteiger partial charge on any atom is 0.203 e. The Morgan fingerprint density at radius 2 is 2.08 bits per heavy atom. The number of ether oxygens (including phenoxy) is 1. The van der Waals surface area contributed by atoms with Crippen LogP contribution in [0.5, 0.6) is 5.75 Å². The SMILES string of the molecule is Cc1csc(NN=Cc2cc(Br)ccc2OCc2ccc(Cl)cc2)n1. The highest BCUT2D eigenvalue weighted by atomic mass is 79.9. The third-order valence-electron chi connectivity index (χ3n) is 3.26. The summed E-state index contributed by atoms with van der Waals surface area (Å²) in [5, 5.41) is 7.69. The zero-order valence-electron chi connectivity index (χ0n) is 13.4. The number of hydrogen-bond donors (Lipinski definition) is 1. The smallest absolute Gasteiger partial charge is 0.203 e. The van der Waals surface area contributed by atoms with Crippen molar-refractivity contribution in [3.63, 3.8) is 0 Å². The van der Waals surface area contributed by atoms with Gasteiger partial charge in [0, 0.05) is 20.4 Å². The fourth-order valence-electron chi connectivity index (χ4n) is 2.06. The largest absolute Gasteiger partial charge is 0.488 e. The number of thiazole rings is 1. The first-order valence-electron chi connectivity index (χ1n) is 7.48. The molecule has 0 fully saturated rings. The molecule has 1 heterocycles. The maximum absolute atomic E-state index is 5.93. The Labute approximate surface area is 163 Å². The van der Waals surface area contributed by atoms with E-state index in [-0.39, 0.29) is 0 Å². The Kier molecular flexibility index (Phi) is 6.07. The van der Waals surface area contributed by atoms with Crippen molar-refractivity contribution in [3.05, 3.63) is 74.2 Å². The number of hydrazone groups is 1. The molecule has 0 aliphatic carbocycles. The summed E-state index contributed by atoms with van der Waals surface area (Å²) in [5.41, 5.74) is 5.81. The van der Waals surface area contributed by atoms with E-state index in [1.807, 2.05) is 54.8 Å². The number of nitrogens with zero attached hydrogens (tertiary/aromatic N) is 2. The summed E-state index contributed by atoms with van der Waals surface area (Å²) < 4.78 is 6.89. The van der Waals surface area contributed by atoms with E-state index in [0.717, 1.165) is 32.2 Å². The van der Waals surface area contributed by atoms with Gasteiger partial charge in [0.1, 0.15) is 12.4 Å². The first kappa shape index (κ1) is 17.9. The molecule has 1 aromatic heterocycles. The van der Waals surface area contributed by atoms with E-state index in [9.17, 15) is 0 Å². The van der Waals surface area contributed by atoms with E-state index >= 15 is 0 Å². The molecule has 0 unspecified atom stereocenters. The van der Waals surface area contributed by atoms with E-state index in [2.05, 4.69) is 31.4 Å². The van der Waals surface area contributed by atoms with Crippen LogP contribution in [0.25, 0.3) is 0 Å². The van der Waals surface area contributed by atoms with Crippen LogP contribution in [0.15, 0.2) is 57.4 Å². The van der Waals surface area contributed by atoms with Crippen LogP contribution in [-0.4, -0.2) is 11.2 Å². The number of benzene rings is 2. The fourth-order valence-corrected chi connectivity index (χ4v) is 3.20. The lowest BCUT2D eigenvalue weighted by molar-refractivity contribution is 0.306. The number of halogens is 2. The summed E-state index contributed by atoms with van der Waals surface area (Å²) >= 11 is 10.9. The van der Waals surface area contributed by atoms with Crippen molar-refractivity contribution in [2.45, 2.75) is 13.5 Å². The molecule has 0 aliphatic heterocycles. The Morgan fingerprint density at radius 1 is 1.28 bits per heavy atom. The lowest BCUT2D eigenvalue weighted by Crippen LogP contribution is -1.99. The number of aromatic nitrogens is 1. The molecule has 7 heteroatoms. The zero-order chi connectivity index (χ0) is 17.6. The molecule has 0 saturated heterocycles. The topological polar surface area (TPSA) is 46.5 Å². The normalized spacial score (nSPS) is 11.0. The minimum Gasteiger partial charge on any atom is -0.488 e. The highest BCUT2D eigenvalue weighted by molar-refractivity contribution is 9.10. The predicted octanol–water partition coefficient (Wildman–Crippen LogP) is 5.89. The van der Waals surface area contributed by atoms with Gasteiger partial charge in [0.2, 0.25) is 5.13 Å². The van der Waals surface area contributed by atoms with Crippen LogP contribution in [0.1, 0.15) is 16.8 Å².